The van der Waals surface area contributed by atoms with E-state index in [1.807, 2.05) is 34.6 Å². The first-order chi connectivity index (χ1) is 9.59. The second-order valence-electron chi connectivity index (χ2n) is 5.96. The topological polar surface area (TPSA) is 96.1 Å². The largest absolute Gasteiger partial charge is 0.377 e. The number of sulfonamides is 1. The predicted octanol–water partition coefficient (Wildman–Crippen LogP) is 0.919. The van der Waals surface area contributed by atoms with Gasteiger partial charge in [-0.3, -0.25) is 5.10 Å². The van der Waals surface area contributed by atoms with E-state index in [9.17, 15) is 8.42 Å². The molecule has 0 spiro atoms. The molecule has 0 atom stereocenters. The number of methoxy groups -OCH3 is 1. The van der Waals surface area contributed by atoms with E-state index in [1.165, 1.54) is 0 Å². The molecule has 0 aliphatic heterocycles. The molecule has 0 unspecified atom stereocenters. The van der Waals surface area contributed by atoms with Crippen LogP contribution in [-0.4, -0.2) is 43.9 Å². The summed E-state index contributed by atoms with van der Waals surface area (Å²) in [5, 5.41) is 9.92. The van der Waals surface area contributed by atoms with Gasteiger partial charge in [0.2, 0.25) is 0 Å². The molecule has 0 aliphatic carbocycles. The number of nitrogens with zero attached hydrogens (tertiary/aromatic N) is 1. The van der Waals surface area contributed by atoms with Crippen LogP contribution in [0.3, 0.4) is 0 Å². The maximum atomic E-state index is 12.4. The number of nitrogens with one attached hydrogen (secondary N) is 3. The maximum absolute atomic E-state index is 12.4. The Labute approximate surface area is 126 Å². The summed E-state index contributed by atoms with van der Waals surface area (Å²) in [5.41, 5.74) is 0.829. The summed E-state index contributed by atoms with van der Waals surface area (Å²) >= 11 is 0. The fraction of sp³-hybridized carbons (Fsp3) is 0.769. The molecule has 122 valence electrons. The molecule has 0 bridgehead atoms. The van der Waals surface area contributed by atoms with Gasteiger partial charge >= 0.3 is 0 Å². The molecular weight excluding hydrogens is 292 g/mol. The van der Waals surface area contributed by atoms with Crippen LogP contribution in [0.4, 0.5) is 0 Å². The zero-order valence-corrected chi connectivity index (χ0v) is 14.4. The summed E-state index contributed by atoms with van der Waals surface area (Å²) < 4.78 is 32.6. The van der Waals surface area contributed by atoms with Crippen molar-refractivity contribution in [2.24, 2.45) is 0 Å². The van der Waals surface area contributed by atoms with Crippen molar-refractivity contribution in [2.45, 2.75) is 57.8 Å². The van der Waals surface area contributed by atoms with Gasteiger partial charge in [0.1, 0.15) is 0 Å². The summed E-state index contributed by atoms with van der Waals surface area (Å²) in [6, 6.07) is 0.259. The monoisotopic (exact) mass is 318 g/mol. The molecule has 0 aliphatic rings. The Morgan fingerprint density at radius 2 is 2.00 bits per heavy atom. The lowest BCUT2D eigenvalue weighted by molar-refractivity contribution is 0.0276. The van der Waals surface area contributed by atoms with Crippen LogP contribution in [0.15, 0.2) is 5.03 Å². The second kappa shape index (κ2) is 6.87. The highest BCUT2D eigenvalue weighted by Gasteiger charge is 2.26. The van der Waals surface area contributed by atoms with Gasteiger partial charge in [-0.2, -0.15) is 5.10 Å². The highest BCUT2D eigenvalue weighted by molar-refractivity contribution is 7.89. The Hall–Kier alpha value is -0.960. The van der Waals surface area contributed by atoms with E-state index in [0.29, 0.717) is 12.1 Å². The highest BCUT2D eigenvalue weighted by atomic mass is 32.2. The van der Waals surface area contributed by atoms with Crippen LogP contribution >= 0.6 is 0 Å². The minimum absolute atomic E-state index is 0.0417. The van der Waals surface area contributed by atoms with Gasteiger partial charge in [-0.05, 0) is 20.8 Å². The lowest BCUT2D eigenvalue weighted by Gasteiger charge is -2.22. The Bertz CT molecular complexity index is 564. The molecule has 21 heavy (non-hydrogen) atoms. The van der Waals surface area contributed by atoms with Crippen molar-refractivity contribution in [2.75, 3.05) is 13.7 Å². The lowest BCUT2D eigenvalue weighted by Crippen LogP contribution is -2.40. The number of aryl methyl sites for hydroxylation is 1. The van der Waals surface area contributed by atoms with E-state index in [0.717, 1.165) is 5.69 Å². The van der Waals surface area contributed by atoms with Crippen molar-refractivity contribution in [3.05, 3.63) is 11.3 Å². The van der Waals surface area contributed by atoms with E-state index < -0.39 is 15.6 Å². The van der Waals surface area contributed by atoms with Gasteiger partial charge in [0.15, 0.2) is 5.03 Å². The van der Waals surface area contributed by atoms with Crippen molar-refractivity contribution in [3.63, 3.8) is 0 Å². The van der Waals surface area contributed by atoms with Crippen LogP contribution in [0.1, 0.15) is 39.0 Å². The zero-order chi connectivity index (χ0) is 16.3. The zero-order valence-electron chi connectivity index (χ0n) is 13.6. The van der Waals surface area contributed by atoms with Gasteiger partial charge in [-0.15, -0.1) is 0 Å². The van der Waals surface area contributed by atoms with Gasteiger partial charge in [0.25, 0.3) is 10.0 Å². The molecule has 1 heterocycles. The summed E-state index contributed by atoms with van der Waals surface area (Å²) in [5.74, 6) is 0. The van der Waals surface area contributed by atoms with Crippen LogP contribution in [-0.2, 0) is 21.3 Å². The highest BCUT2D eigenvalue weighted by Crippen LogP contribution is 2.17. The third-order valence-electron chi connectivity index (χ3n) is 3.22. The molecule has 0 amide bonds. The van der Waals surface area contributed by atoms with Gasteiger partial charge in [-0.1, -0.05) is 13.8 Å². The quantitative estimate of drug-likeness (QED) is 0.662. The smallest absolute Gasteiger partial charge is 0.260 e. The number of H-pyrrole nitrogens is 1. The van der Waals surface area contributed by atoms with Crippen LogP contribution in [0.25, 0.3) is 0 Å². The van der Waals surface area contributed by atoms with Gasteiger partial charge in [0, 0.05) is 37.5 Å². The number of rotatable bonds is 8. The Morgan fingerprint density at radius 3 is 2.52 bits per heavy atom. The summed E-state index contributed by atoms with van der Waals surface area (Å²) in [6.45, 7) is 10.1. The van der Waals surface area contributed by atoms with E-state index in [-0.39, 0.29) is 17.6 Å². The molecule has 0 fully saturated rings. The molecule has 1 aromatic rings. The average Bonchev–Trinajstić information content (AvgIpc) is 2.76. The molecular formula is C13H26N4O3S. The van der Waals surface area contributed by atoms with Crippen LogP contribution < -0.4 is 10.0 Å². The number of hydrogen-bond donors (Lipinski definition) is 3. The van der Waals surface area contributed by atoms with Crippen molar-refractivity contribution < 1.29 is 13.2 Å². The first-order valence-electron chi connectivity index (χ1n) is 6.91. The van der Waals surface area contributed by atoms with Crippen LogP contribution in [0, 0.1) is 6.92 Å². The normalized spacial score (nSPS) is 13.1. The average molecular weight is 318 g/mol. The SMILES string of the molecule is COC(C)(C)CNS(=O)(=O)c1n[nH]c(C)c1CNC(C)C. The van der Waals surface area contributed by atoms with Crippen LogP contribution in [0.5, 0.6) is 0 Å². The molecule has 3 N–H and O–H groups in total. The van der Waals surface area contributed by atoms with E-state index >= 15 is 0 Å². The first-order valence-corrected chi connectivity index (χ1v) is 8.39. The van der Waals surface area contributed by atoms with E-state index in [4.69, 9.17) is 4.74 Å². The van der Waals surface area contributed by atoms with Gasteiger partial charge < -0.3 is 10.1 Å². The lowest BCUT2D eigenvalue weighted by atomic mass is 10.1. The van der Waals surface area contributed by atoms with Crippen molar-refractivity contribution in [3.8, 4) is 0 Å². The molecule has 1 rings (SSSR count). The molecule has 0 radical (unpaired) electrons. The molecule has 8 heteroatoms. The predicted molar refractivity (Wildman–Crippen MR) is 81.6 cm³/mol. The fourth-order valence-corrected chi connectivity index (χ4v) is 2.97. The third-order valence-corrected chi connectivity index (χ3v) is 4.59. The number of ether oxygens (including phenoxy) is 1. The summed E-state index contributed by atoms with van der Waals surface area (Å²) in [7, 11) is -2.13. The molecule has 7 nitrogen and oxygen atoms in total. The minimum atomic E-state index is -3.67. The summed E-state index contributed by atoms with van der Waals surface area (Å²) in [4.78, 5) is 0. The first kappa shape index (κ1) is 18.1. The van der Waals surface area contributed by atoms with Crippen LogP contribution in [0.2, 0.25) is 0 Å². The Balaban J connectivity index is 2.93. The fourth-order valence-electron chi connectivity index (χ4n) is 1.58. The van der Waals surface area contributed by atoms with Gasteiger partial charge in [0.05, 0.1) is 5.60 Å². The number of hydrogen-bond acceptors (Lipinski definition) is 5. The van der Waals surface area contributed by atoms with E-state index in [2.05, 4.69) is 20.2 Å². The molecule has 1 aromatic heterocycles. The minimum Gasteiger partial charge on any atom is -0.377 e. The van der Waals surface area contributed by atoms with Gasteiger partial charge in [-0.25, -0.2) is 13.1 Å². The Morgan fingerprint density at radius 1 is 1.38 bits per heavy atom. The number of aromatic nitrogens is 2. The molecule has 0 aromatic carbocycles. The van der Waals surface area contributed by atoms with Crippen molar-refractivity contribution in [1.29, 1.82) is 0 Å². The van der Waals surface area contributed by atoms with Crippen molar-refractivity contribution >= 4 is 10.0 Å². The standard InChI is InChI=1S/C13H26N4O3S/c1-9(2)14-7-11-10(3)16-17-12(11)21(18,19)15-8-13(4,5)20-6/h9,14-15H,7-8H2,1-6H3,(H,16,17). The maximum Gasteiger partial charge on any atom is 0.260 e. The number of aromatic amines is 1. The third kappa shape index (κ3) is 5.06. The van der Waals surface area contributed by atoms with E-state index in [1.54, 1.807) is 7.11 Å². The molecule has 0 saturated carbocycles. The molecule has 0 saturated heterocycles. The second-order valence-corrected chi connectivity index (χ2v) is 7.64. The Kier molecular flexibility index (Phi) is 5.92. The summed E-state index contributed by atoms with van der Waals surface area (Å²) in [6.07, 6.45) is 0. The van der Waals surface area contributed by atoms with Crippen molar-refractivity contribution in [1.82, 2.24) is 20.2 Å².